The van der Waals surface area contributed by atoms with E-state index >= 15 is 0 Å². The van der Waals surface area contributed by atoms with Crippen molar-refractivity contribution in [2.45, 2.75) is 50.9 Å². The summed E-state index contributed by atoms with van der Waals surface area (Å²) in [6.07, 6.45) is 2.15. The van der Waals surface area contributed by atoms with Gasteiger partial charge in [0.1, 0.15) is 11.4 Å². The average Bonchev–Trinajstić information content (AvgIpc) is 2.68. The largest absolute Gasteiger partial charge is 0.543 e. The number of nitrogens with zero attached hydrogens (tertiary/aromatic N) is 1. The molecule has 0 amide bonds. The van der Waals surface area contributed by atoms with Crippen molar-refractivity contribution in [3.8, 4) is 5.75 Å². The number of rotatable bonds is 6. The van der Waals surface area contributed by atoms with Crippen LogP contribution in [0.5, 0.6) is 5.75 Å². The molecule has 0 aliphatic heterocycles. The van der Waals surface area contributed by atoms with Crippen LogP contribution in [0.2, 0.25) is 18.1 Å². The molecule has 0 spiro atoms. The third kappa shape index (κ3) is 4.77. The molecular formula is C25H31NO2Si. The van der Waals surface area contributed by atoms with Gasteiger partial charge in [0, 0.05) is 18.3 Å². The lowest BCUT2D eigenvalue weighted by molar-refractivity contribution is 0.0799. The maximum Gasteiger partial charge on any atom is 0.250 e. The van der Waals surface area contributed by atoms with Gasteiger partial charge in [-0.25, -0.2) is 0 Å². The Balaban J connectivity index is 2.03. The van der Waals surface area contributed by atoms with Crippen molar-refractivity contribution in [2.75, 3.05) is 0 Å². The predicted octanol–water partition coefficient (Wildman–Crippen LogP) is 5.94. The number of aromatic nitrogens is 1. The summed E-state index contributed by atoms with van der Waals surface area (Å²) < 4.78 is 6.50. The zero-order chi connectivity index (χ0) is 21.1. The fourth-order valence-corrected chi connectivity index (χ4v) is 4.14. The number of hydrogen-bond acceptors (Lipinski definition) is 3. The third-order valence-electron chi connectivity index (χ3n) is 5.91. The molecule has 152 valence electrons. The number of aliphatic hydroxyl groups is 1. The van der Waals surface area contributed by atoms with E-state index in [1.165, 1.54) is 0 Å². The Morgan fingerprint density at radius 3 is 2.14 bits per heavy atom. The van der Waals surface area contributed by atoms with Gasteiger partial charge in [0.25, 0.3) is 0 Å². The van der Waals surface area contributed by atoms with Gasteiger partial charge in [0.2, 0.25) is 8.32 Å². The van der Waals surface area contributed by atoms with E-state index in [0.717, 1.165) is 22.6 Å². The number of benzene rings is 2. The Kier molecular flexibility index (Phi) is 5.97. The van der Waals surface area contributed by atoms with Gasteiger partial charge in [0.05, 0.1) is 0 Å². The molecule has 3 nitrogen and oxygen atoms in total. The van der Waals surface area contributed by atoms with E-state index in [2.05, 4.69) is 38.8 Å². The highest BCUT2D eigenvalue weighted by atomic mass is 28.4. The van der Waals surface area contributed by atoms with Crippen molar-refractivity contribution in [1.29, 1.82) is 0 Å². The van der Waals surface area contributed by atoms with E-state index < -0.39 is 13.9 Å². The third-order valence-corrected chi connectivity index (χ3v) is 10.3. The molecule has 0 saturated heterocycles. The first-order valence-electron chi connectivity index (χ1n) is 10.1. The summed E-state index contributed by atoms with van der Waals surface area (Å²) in [7, 11) is -1.98. The Hall–Kier alpha value is -2.43. The van der Waals surface area contributed by atoms with Crippen LogP contribution in [0.15, 0.2) is 79.0 Å². The van der Waals surface area contributed by atoms with Crippen LogP contribution < -0.4 is 4.43 Å². The molecule has 1 heterocycles. The molecule has 0 aliphatic rings. The lowest BCUT2D eigenvalue weighted by Crippen LogP contribution is -2.44. The van der Waals surface area contributed by atoms with Crippen molar-refractivity contribution in [3.63, 3.8) is 0 Å². The first-order chi connectivity index (χ1) is 13.6. The van der Waals surface area contributed by atoms with Crippen LogP contribution >= 0.6 is 0 Å². The van der Waals surface area contributed by atoms with Gasteiger partial charge in [-0.05, 0) is 53.5 Å². The minimum Gasteiger partial charge on any atom is -0.543 e. The minimum atomic E-state index is -1.98. The van der Waals surface area contributed by atoms with E-state index in [4.69, 9.17) is 4.43 Å². The van der Waals surface area contributed by atoms with Crippen LogP contribution in [0, 0.1) is 0 Å². The van der Waals surface area contributed by atoms with Gasteiger partial charge in [0.15, 0.2) is 0 Å². The Bertz CT molecular complexity index is 936. The summed E-state index contributed by atoms with van der Waals surface area (Å²) in [6.45, 7) is 11.1. The van der Waals surface area contributed by atoms with Crippen molar-refractivity contribution in [1.82, 2.24) is 4.98 Å². The quantitative estimate of drug-likeness (QED) is 0.516. The first kappa shape index (κ1) is 21.3. The molecular weight excluding hydrogens is 374 g/mol. The van der Waals surface area contributed by atoms with Crippen LogP contribution in [0.3, 0.4) is 0 Å². The average molecular weight is 406 g/mol. The summed E-state index contributed by atoms with van der Waals surface area (Å²) in [5.74, 6) is 0.810. The molecule has 1 aromatic heterocycles. The molecule has 3 rings (SSSR count). The van der Waals surface area contributed by atoms with Gasteiger partial charge in [-0.15, -0.1) is 0 Å². The maximum atomic E-state index is 11.9. The van der Waals surface area contributed by atoms with Crippen molar-refractivity contribution in [3.05, 3.63) is 95.8 Å². The molecule has 3 aromatic rings. The second-order valence-electron chi connectivity index (χ2n) is 9.11. The summed E-state index contributed by atoms with van der Waals surface area (Å²) in [5.41, 5.74) is 1.30. The van der Waals surface area contributed by atoms with Gasteiger partial charge < -0.3 is 9.53 Å². The minimum absolute atomic E-state index is 0.104. The van der Waals surface area contributed by atoms with Crippen molar-refractivity contribution < 1.29 is 9.53 Å². The van der Waals surface area contributed by atoms with E-state index in [0.29, 0.717) is 6.42 Å². The topological polar surface area (TPSA) is 42.4 Å². The predicted molar refractivity (Wildman–Crippen MR) is 122 cm³/mol. The molecule has 0 radical (unpaired) electrons. The molecule has 0 fully saturated rings. The molecule has 0 aliphatic carbocycles. The molecule has 2 aromatic carbocycles. The Morgan fingerprint density at radius 1 is 0.862 bits per heavy atom. The van der Waals surface area contributed by atoms with Crippen LogP contribution in [-0.4, -0.2) is 18.4 Å². The smallest absolute Gasteiger partial charge is 0.250 e. The second kappa shape index (κ2) is 8.13. The normalized spacial score (nSPS) is 14.3. The fraction of sp³-hybridized carbons (Fsp3) is 0.320. The first-order valence-corrected chi connectivity index (χ1v) is 13.0. The zero-order valence-corrected chi connectivity index (χ0v) is 19.0. The molecule has 29 heavy (non-hydrogen) atoms. The van der Waals surface area contributed by atoms with Gasteiger partial charge >= 0.3 is 0 Å². The highest BCUT2D eigenvalue weighted by Gasteiger charge is 2.39. The van der Waals surface area contributed by atoms with Crippen LogP contribution in [0.1, 0.15) is 37.6 Å². The Labute approximate surface area is 175 Å². The van der Waals surface area contributed by atoms with Crippen LogP contribution in [0.4, 0.5) is 0 Å². The maximum absolute atomic E-state index is 11.9. The van der Waals surface area contributed by atoms with E-state index in [-0.39, 0.29) is 5.04 Å². The van der Waals surface area contributed by atoms with Gasteiger partial charge in [-0.3, -0.25) is 4.98 Å². The summed E-state index contributed by atoms with van der Waals surface area (Å²) in [5, 5.41) is 12.0. The molecule has 1 N–H and O–H groups in total. The SMILES string of the molecule is CC(C)(C)[Si](C)(C)Oc1cccc(C(O)(Cc2ccccn2)c2ccccc2)c1. The second-order valence-corrected chi connectivity index (χ2v) is 13.8. The summed E-state index contributed by atoms with van der Waals surface area (Å²) in [6, 6.07) is 23.5. The van der Waals surface area contributed by atoms with Crippen LogP contribution in [0.25, 0.3) is 0 Å². The fourth-order valence-electron chi connectivity index (χ4n) is 3.11. The molecule has 1 unspecified atom stereocenters. The van der Waals surface area contributed by atoms with E-state index in [9.17, 15) is 5.11 Å². The summed E-state index contributed by atoms with van der Waals surface area (Å²) >= 11 is 0. The number of pyridine rings is 1. The highest BCUT2D eigenvalue weighted by Crippen LogP contribution is 2.39. The monoisotopic (exact) mass is 405 g/mol. The van der Waals surface area contributed by atoms with E-state index in [1.54, 1.807) is 6.20 Å². The molecule has 1 atom stereocenters. The van der Waals surface area contributed by atoms with Crippen molar-refractivity contribution >= 4 is 8.32 Å². The van der Waals surface area contributed by atoms with Gasteiger partial charge in [-0.2, -0.15) is 0 Å². The lowest BCUT2D eigenvalue weighted by Gasteiger charge is -2.37. The molecule has 0 saturated carbocycles. The highest BCUT2D eigenvalue weighted by molar-refractivity contribution is 6.74. The molecule has 0 bridgehead atoms. The van der Waals surface area contributed by atoms with Crippen molar-refractivity contribution in [2.24, 2.45) is 0 Å². The Morgan fingerprint density at radius 2 is 1.52 bits per heavy atom. The zero-order valence-electron chi connectivity index (χ0n) is 18.0. The summed E-state index contributed by atoms with van der Waals surface area (Å²) in [4.78, 5) is 4.44. The standard InChI is InChI=1S/C25H31NO2Si/c1-24(2,3)29(4,5)28-23-16-11-14-21(18-23)25(27,20-12-7-6-8-13-20)19-22-15-9-10-17-26-22/h6-18,27H,19H2,1-5H3. The van der Waals surface area contributed by atoms with Gasteiger partial charge in [-0.1, -0.05) is 69.3 Å². The molecule has 4 heteroatoms. The van der Waals surface area contributed by atoms with Crippen LogP contribution in [-0.2, 0) is 12.0 Å². The number of hydrogen-bond donors (Lipinski definition) is 1. The lowest BCUT2D eigenvalue weighted by atomic mass is 9.82. The van der Waals surface area contributed by atoms with E-state index in [1.807, 2.05) is 72.8 Å².